The lowest BCUT2D eigenvalue weighted by Gasteiger charge is -2.19. The second-order valence-electron chi connectivity index (χ2n) is 5.58. The smallest absolute Gasteiger partial charge is 0.299 e. The molecule has 0 radical (unpaired) electrons. The average Bonchev–Trinajstić information content (AvgIpc) is 2.78. The largest absolute Gasteiger partial charge is 0.430 e. The average molecular weight is 312 g/mol. The number of hydrogen-bond donors (Lipinski definition) is 1. The Morgan fingerprint density at radius 3 is 2.70 bits per heavy atom. The summed E-state index contributed by atoms with van der Waals surface area (Å²) >= 11 is 7.42. The first-order valence-corrected chi connectivity index (χ1v) is 7.54. The van der Waals surface area contributed by atoms with Gasteiger partial charge in [-0.1, -0.05) is 28.0 Å². The Labute approximate surface area is 128 Å². The van der Waals surface area contributed by atoms with Gasteiger partial charge in [0.15, 0.2) is 0 Å². The molecule has 1 aromatic carbocycles. The van der Waals surface area contributed by atoms with Gasteiger partial charge in [-0.05, 0) is 51.5 Å². The summed E-state index contributed by atoms with van der Waals surface area (Å²) in [4.78, 5) is 0. The van der Waals surface area contributed by atoms with Crippen LogP contribution in [0.1, 0.15) is 31.3 Å². The molecule has 2 aromatic rings. The maximum absolute atomic E-state index is 5.98. The van der Waals surface area contributed by atoms with Crippen LogP contribution in [-0.2, 0) is 6.54 Å². The van der Waals surface area contributed by atoms with E-state index in [-0.39, 0.29) is 5.54 Å². The fourth-order valence-corrected chi connectivity index (χ4v) is 2.24. The highest BCUT2D eigenvalue weighted by atomic mass is 35.5. The zero-order chi connectivity index (χ0) is 14.8. The first-order valence-electron chi connectivity index (χ1n) is 6.35. The summed E-state index contributed by atoms with van der Waals surface area (Å²) < 4.78 is 5.69. The third-order valence-electron chi connectivity index (χ3n) is 2.55. The summed E-state index contributed by atoms with van der Waals surface area (Å²) in [6.07, 6.45) is 0. The van der Waals surface area contributed by atoms with Crippen molar-refractivity contribution in [2.75, 3.05) is 0 Å². The van der Waals surface area contributed by atoms with E-state index in [1.54, 1.807) is 0 Å². The van der Waals surface area contributed by atoms with Crippen LogP contribution in [0.25, 0.3) is 0 Å². The fraction of sp³-hybridized carbons (Fsp3) is 0.429. The van der Waals surface area contributed by atoms with E-state index in [0.29, 0.717) is 11.7 Å². The van der Waals surface area contributed by atoms with Crippen molar-refractivity contribution in [3.05, 3.63) is 33.8 Å². The second kappa shape index (κ2) is 6.08. The number of aryl methyl sites for hydroxylation is 1. The third-order valence-corrected chi connectivity index (χ3v) is 3.78. The first kappa shape index (κ1) is 15.2. The van der Waals surface area contributed by atoms with Crippen LogP contribution in [0.4, 0.5) is 0 Å². The number of nitrogens with zero attached hydrogens (tertiary/aromatic N) is 2. The van der Waals surface area contributed by atoms with E-state index < -0.39 is 0 Å². The normalized spacial score (nSPS) is 11.7. The number of rotatable bonds is 4. The van der Waals surface area contributed by atoms with Crippen molar-refractivity contribution in [3.63, 3.8) is 0 Å². The SMILES string of the molecule is Cc1cc(Oc2nnc(CNC(C)(C)C)s2)ccc1Cl. The van der Waals surface area contributed by atoms with Crippen molar-refractivity contribution in [2.45, 2.75) is 39.8 Å². The van der Waals surface area contributed by atoms with Crippen molar-refractivity contribution >= 4 is 22.9 Å². The monoisotopic (exact) mass is 311 g/mol. The lowest BCUT2D eigenvalue weighted by molar-refractivity contribution is 0.423. The van der Waals surface area contributed by atoms with Gasteiger partial charge in [0.1, 0.15) is 10.8 Å². The molecule has 0 aliphatic heterocycles. The van der Waals surface area contributed by atoms with Crippen molar-refractivity contribution in [2.24, 2.45) is 0 Å². The van der Waals surface area contributed by atoms with Gasteiger partial charge < -0.3 is 10.1 Å². The van der Waals surface area contributed by atoms with Gasteiger partial charge in [-0.25, -0.2) is 0 Å². The van der Waals surface area contributed by atoms with E-state index in [4.69, 9.17) is 16.3 Å². The maximum Gasteiger partial charge on any atom is 0.299 e. The van der Waals surface area contributed by atoms with Gasteiger partial charge in [-0.15, -0.1) is 5.10 Å². The predicted molar refractivity (Wildman–Crippen MR) is 82.8 cm³/mol. The van der Waals surface area contributed by atoms with Gasteiger partial charge in [0.05, 0.1) is 6.54 Å². The molecule has 1 aromatic heterocycles. The summed E-state index contributed by atoms with van der Waals surface area (Å²) in [6, 6.07) is 5.52. The number of aromatic nitrogens is 2. The molecule has 0 aliphatic carbocycles. The molecule has 4 nitrogen and oxygen atoms in total. The first-order chi connectivity index (χ1) is 9.33. The van der Waals surface area contributed by atoms with E-state index in [1.165, 1.54) is 11.3 Å². The zero-order valence-corrected chi connectivity index (χ0v) is 13.6. The predicted octanol–water partition coefficient (Wildman–Crippen LogP) is 4.18. The Morgan fingerprint density at radius 1 is 1.30 bits per heavy atom. The minimum Gasteiger partial charge on any atom is -0.430 e. The van der Waals surface area contributed by atoms with Crippen LogP contribution in [0.3, 0.4) is 0 Å². The molecule has 0 spiro atoms. The second-order valence-corrected chi connectivity index (χ2v) is 7.01. The number of nitrogens with one attached hydrogen (secondary N) is 1. The van der Waals surface area contributed by atoms with E-state index in [0.717, 1.165) is 21.3 Å². The number of halogens is 1. The molecular weight excluding hydrogens is 294 g/mol. The highest BCUT2D eigenvalue weighted by molar-refractivity contribution is 7.13. The molecular formula is C14H18ClN3OS. The summed E-state index contributed by atoms with van der Waals surface area (Å²) in [5.74, 6) is 0.721. The summed E-state index contributed by atoms with van der Waals surface area (Å²) in [5.41, 5.74) is 1.03. The molecule has 0 amide bonds. The summed E-state index contributed by atoms with van der Waals surface area (Å²) in [7, 11) is 0. The number of ether oxygens (including phenoxy) is 1. The standard InChI is InChI=1S/C14H18ClN3OS/c1-9-7-10(5-6-11(9)15)19-13-18-17-12(20-13)8-16-14(2,3)4/h5-7,16H,8H2,1-4H3. The molecule has 0 unspecified atom stereocenters. The van der Waals surface area contributed by atoms with Gasteiger partial charge in [0.2, 0.25) is 0 Å². The van der Waals surface area contributed by atoms with Crippen molar-refractivity contribution in [1.29, 1.82) is 0 Å². The Balaban J connectivity index is 2.00. The molecule has 108 valence electrons. The topological polar surface area (TPSA) is 47.0 Å². The Hall–Kier alpha value is -1.17. The lowest BCUT2D eigenvalue weighted by Crippen LogP contribution is -2.35. The third kappa shape index (κ3) is 4.44. The molecule has 1 N–H and O–H groups in total. The minimum atomic E-state index is 0.0555. The van der Waals surface area contributed by atoms with Crippen molar-refractivity contribution < 1.29 is 4.74 Å². The fourth-order valence-electron chi connectivity index (χ4n) is 1.47. The van der Waals surface area contributed by atoms with Crippen LogP contribution >= 0.6 is 22.9 Å². The molecule has 0 fully saturated rings. The van der Waals surface area contributed by atoms with Gasteiger partial charge in [0.25, 0.3) is 5.19 Å². The molecule has 1 heterocycles. The van der Waals surface area contributed by atoms with E-state index in [9.17, 15) is 0 Å². The van der Waals surface area contributed by atoms with E-state index in [1.807, 2.05) is 25.1 Å². The van der Waals surface area contributed by atoms with Crippen molar-refractivity contribution in [3.8, 4) is 10.9 Å². The molecule has 0 saturated carbocycles. The zero-order valence-electron chi connectivity index (χ0n) is 12.0. The molecule has 0 saturated heterocycles. The number of hydrogen-bond acceptors (Lipinski definition) is 5. The lowest BCUT2D eigenvalue weighted by atomic mass is 10.1. The molecule has 0 bridgehead atoms. The van der Waals surface area contributed by atoms with E-state index >= 15 is 0 Å². The van der Waals surface area contributed by atoms with Gasteiger partial charge in [-0.3, -0.25) is 0 Å². The Kier molecular flexibility index (Phi) is 4.62. The Morgan fingerprint density at radius 2 is 2.05 bits per heavy atom. The van der Waals surface area contributed by atoms with Gasteiger partial charge in [0, 0.05) is 10.6 Å². The Bertz CT molecular complexity index is 592. The van der Waals surface area contributed by atoms with Crippen LogP contribution in [0.5, 0.6) is 10.9 Å². The van der Waals surface area contributed by atoms with Gasteiger partial charge >= 0.3 is 0 Å². The van der Waals surface area contributed by atoms with E-state index in [2.05, 4.69) is 36.3 Å². The summed E-state index contributed by atoms with van der Waals surface area (Å²) in [5, 5.41) is 13.7. The quantitative estimate of drug-likeness (QED) is 0.920. The molecule has 0 atom stereocenters. The molecule has 20 heavy (non-hydrogen) atoms. The van der Waals surface area contributed by atoms with Crippen LogP contribution in [0.2, 0.25) is 5.02 Å². The molecule has 2 rings (SSSR count). The summed E-state index contributed by atoms with van der Waals surface area (Å²) in [6.45, 7) is 8.96. The molecule has 6 heteroatoms. The molecule has 0 aliphatic rings. The highest BCUT2D eigenvalue weighted by Crippen LogP contribution is 2.28. The van der Waals surface area contributed by atoms with Crippen LogP contribution in [0, 0.1) is 6.92 Å². The van der Waals surface area contributed by atoms with Crippen LogP contribution in [0.15, 0.2) is 18.2 Å². The van der Waals surface area contributed by atoms with Crippen molar-refractivity contribution in [1.82, 2.24) is 15.5 Å². The number of benzene rings is 1. The maximum atomic E-state index is 5.98. The highest BCUT2D eigenvalue weighted by Gasteiger charge is 2.12. The van der Waals surface area contributed by atoms with Crippen LogP contribution in [-0.4, -0.2) is 15.7 Å². The minimum absolute atomic E-state index is 0.0555. The van der Waals surface area contributed by atoms with Crippen LogP contribution < -0.4 is 10.1 Å². The van der Waals surface area contributed by atoms with Gasteiger partial charge in [-0.2, -0.15) is 0 Å².